The van der Waals surface area contributed by atoms with E-state index in [1.165, 1.54) is 0 Å². The molecule has 1 saturated heterocycles. The number of hydrogen-bond donors (Lipinski definition) is 0. The predicted octanol–water partition coefficient (Wildman–Crippen LogP) is 1.54. The zero-order chi connectivity index (χ0) is 14.2. The van der Waals surface area contributed by atoms with E-state index in [1.54, 1.807) is 10.9 Å². The van der Waals surface area contributed by atoms with E-state index in [4.69, 9.17) is 0 Å². The molecule has 0 aliphatic carbocycles. The smallest absolute Gasteiger partial charge is 0.250 e. The van der Waals surface area contributed by atoms with Gasteiger partial charge in [0.15, 0.2) is 0 Å². The van der Waals surface area contributed by atoms with Crippen LogP contribution >= 0.6 is 15.9 Å². The van der Waals surface area contributed by atoms with Gasteiger partial charge in [-0.25, -0.2) is 0 Å². The number of hydrogen-bond acceptors (Lipinski definition) is 3. The van der Waals surface area contributed by atoms with Crippen LogP contribution in [0.25, 0.3) is 0 Å². The van der Waals surface area contributed by atoms with Gasteiger partial charge in [0.2, 0.25) is 5.91 Å². The van der Waals surface area contributed by atoms with E-state index < -0.39 is 5.54 Å². The normalized spacial score (nSPS) is 21.7. The molecule has 1 aromatic heterocycles. The number of likely N-dealkylation sites (N-methyl/N-ethyl adjacent to an activating group) is 1. The van der Waals surface area contributed by atoms with Crippen molar-refractivity contribution >= 4 is 21.8 Å². The number of piperazine rings is 1. The Morgan fingerprint density at radius 1 is 1.47 bits per heavy atom. The second kappa shape index (κ2) is 5.25. The van der Waals surface area contributed by atoms with Crippen LogP contribution in [0, 0.1) is 0 Å². The van der Waals surface area contributed by atoms with Crippen LogP contribution in [0.15, 0.2) is 16.9 Å². The molecule has 1 aliphatic heterocycles. The van der Waals surface area contributed by atoms with Gasteiger partial charge < -0.3 is 9.80 Å². The number of halogens is 1. The van der Waals surface area contributed by atoms with Crippen LogP contribution in [-0.4, -0.2) is 58.2 Å². The van der Waals surface area contributed by atoms with Crippen LogP contribution < -0.4 is 0 Å². The summed E-state index contributed by atoms with van der Waals surface area (Å²) in [6, 6.07) is 0.240. The average molecular weight is 329 g/mol. The maximum atomic E-state index is 12.8. The van der Waals surface area contributed by atoms with Gasteiger partial charge in [0.05, 0.1) is 10.7 Å². The highest BCUT2D eigenvalue weighted by Crippen LogP contribution is 2.22. The summed E-state index contributed by atoms with van der Waals surface area (Å²) < 4.78 is 2.62. The first-order valence-electron chi connectivity index (χ1n) is 6.52. The third-order valence-corrected chi connectivity index (χ3v) is 4.15. The summed E-state index contributed by atoms with van der Waals surface area (Å²) >= 11 is 3.37. The van der Waals surface area contributed by atoms with E-state index in [0.29, 0.717) is 0 Å². The van der Waals surface area contributed by atoms with E-state index in [1.807, 2.05) is 24.9 Å². The van der Waals surface area contributed by atoms with E-state index in [-0.39, 0.29) is 11.9 Å². The van der Waals surface area contributed by atoms with Crippen molar-refractivity contribution in [3.05, 3.63) is 16.9 Å². The lowest BCUT2D eigenvalue weighted by Gasteiger charge is -2.41. The minimum atomic E-state index is -0.657. The highest BCUT2D eigenvalue weighted by molar-refractivity contribution is 9.10. The molecule has 0 radical (unpaired) electrons. The lowest BCUT2D eigenvalue weighted by Crippen LogP contribution is -2.58. The molecule has 0 N–H and O–H groups in total. The minimum Gasteiger partial charge on any atom is -0.335 e. The zero-order valence-electron chi connectivity index (χ0n) is 11.9. The first kappa shape index (κ1) is 14.5. The predicted molar refractivity (Wildman–Crippen MR) is 77.9 cm³/mol. The van der Waals surface area contributed by atoms with E-state index in [9.17, 15) is 4.79 Å². The van der Waals surface area contributed by atoms with Gasteiger partial charge in [-0.15, -0.1) is 0 Å². The Balaban J connectivity index is 2.18. The number of nitrogens with zero attached hydrogens (tertiary/aromatic N) is 4. The van der Waals surface area contributed by atoms with Crippen molar-refractivity contribution in [3.8, 4) is 0 Å². The molecule has 106 valence electrons. The van der Waals surface area contributed by atoms with Gasteiger partial charge in [0.25, 0.3) is 0 Å². The van der Waals surface area contributed by atoms with Crippen molar-refractivity contribution in [2.45, 2.75) is 32.4 Å². The molecule has 19 heavy (non-hydrogen) atoms. The molecule has 6 heteroatoms. The summed E-state index contributed by atoms with van der Waals surface area (Å²) in [6.07, 6.45) is 3.56. The van der Waals surface area contributed by atoms with Gasteiger partial charge in [-0.3, -0.25) is 9.48 Å². The molecule has 0 aromatic carbocycles. The number of carbonyl (C=O) groups excluding carboxylic acids is 1. The number of amides is 1. The second-order valence-electron chi connectivity index (χ2n) is 5.77. The number of rotatable bonds is 2. The highest BCUT2D eigenvalue weighted by atomic mass is 79.9. The minimum absolute atomic E-state index is 0.128. The Kier molecular flexibility index (Phi) is 4.01. The summed E-state index contributed by atoms with van der Waals surface area (Å²) in [6.45, 7) is 8.56. The van der Waals surface area contributed by atoms with Crippen LogP contribution in [0.1, 0.15) is 20.8 Å². The Morgan fingerprint density at radius 2 is 2.16 bits per heavy atom. The molecule has 1 aromatic rings. The third kappa shape index (κ3) is 2.84. The van der Waals surface area contributed by atoms with Crippen molar-refractivity contribution < 1.29 is 4.79 Å². The molecule has 1 atom stereocenters. The van der Waals surface area contributed by atoms with Crippen molar-refractivity contribution in [1.82, 2.24) is 19.6 Å². The molecule has 1 amide bonds. The summed E-state index contributed by atoms with van der Waals surface area (Å²) in [5.74, 6) is 0.128. The Morgan fingerprint density at radius 3 is 2.68 bits per heavy atom. The monoisotopic (exact) mass is 328 g/mol. The molecule has 0 spiro atoms. The molecule has 2 rings (SSSR count). The summed E-state index contributed by atoms with van der Waals surface area (Å²) in [7, 11) is 2.09. The number of carbonyl (C=O) groups is 1. The van der Waals surface area contributed by atoms with Gasteiger partial charge >= 0.3 is 0 Å². The largest absolute Gasteiger partial charge is 0.335 e. The van der Waals surface area contributed by atoms with Crippen molar-refractivity contribution in [3.63, 3.8) is 0 Å². The SMILES string of the molecule is C[C@@H]1CN(C)CCN1C(=O)C(C)(C)n1cc(Br)cn1. The zero-order valence-corrected chi connectivity index (χ0v) is 13.5. The van der Waals surface area contributed by atoms with Crippen LogP contribution in [0.2, 0.25) is 0 Å². The molecule has 0 bridgehead atoms. The molecular formula is C13H21BrN4O. The van der Waals surface area contributed by atoms with E-state index in [2.05, 4.69) is 39.9 Å². The maximum Gasteiger partial charge on any atom is 0.250 e. The summed E-state index contributed by atoms with van der Waals surface area (Å²) in [5.41, 5.74) is -0.657. The van der Waals surface area contributed by atoms with E-state index >= 15 is 0 Å². The van der Waals surface area contributed by atoms with Crippen LogP contribution in [0.4, 0.5) is 0 Å². The Bertz CT molecular complexity index is 471. The second-order valence-corrected chi connectivity index (χ2v) is 6.69. The quantitative estimate of drug-likeness (QED) is 0.827. The van der Waals surface area contributed by atoms with Crippen LogP contribution in [0.5, 0.6) is 0 Å². The van der Waals surface area contributed by atoms with Crippen molar-refractivity contribution in [1.29, 1.82) is 0 Å². The fourth-order valence-electron chi connectivity index (χ4n) is 2.50. The van der Waals surface area contributed by atoms with Crippen LogP contribution in [-0.2, 0) is 10.3 Å². The third-order valence-electron chi connectivity index (χ3n) is 3.74. The topological polar surface area (TPSA) is 41.4 Å². The summed E-state index contributed by atoms with van der Waals surface area (Å²) in [4.78, 5) is 17.0. The lowest BCUT2D eigenvalue weighted by atomic mass is 10.0. The molecular weight excluding hydrogens is 308 g/mol. The number of aromatic nitrogens is 2. The Labute approximate surface area is 122 Å². The van der Waals surface area contributed by atoms with Gasteiger partial charge in [0, 0.05) is 31.9 Å². The van der Waals surface area contributed by atoms with E-state index in [0.717, 1.165) is 24.1 Å². The first-order chi connectivity index (χ1) is 8.82. The van der Waals surface area contributed by atoms with Crippen LogP contribution in [0.3, 0.4) is 0 Å². The average Bonchev–Trinajstić information content (AvgIpc) is 2.76. The molecule has 2 heterocycles. The molecule has 1 aliphatic rings. The van der Waals surface area contributed by atoms with Gasteiger partial charge in [-0.05, 0) is 43.7 Å². The van der Waals surface area contributed by atoms with Crippen molar-refractivity contribution in [2.24, 2.45) is 0 Å². The summed E-state index contributed by atoms with van der Waals surface area (Å²) in [5, 5.41) is 4.26. The molecule has 5 nitrogen and oxygen atoms in total. The fraction of sp³-hybridized carbons (Fsp3) is 0.692. The molecule has 0 saturated carbocycles. The molecule has 1 fully saturated rings. The van der Waals surface area contributed by atoms with Crippen molar-refractivity contribution in [2.75, 3.05) is 26.7 Å². The maximum absolute atomic E-state index is 12.8. The van der Waals surface area contributed by atoms with Gasteiger partial charge in [-0.2, -0.15) is 5.10 Å². The standard InChI is InChI=1S/C13H21BrN4O/c1-10-8-16(4)5-6-17(10)12(19)13(2,3)18-9-11(14)7-15-18/h7,9-10H,5-6,8H2,1-4H3/t10-/m1/s1. The lowest BCUT2D eigenvalue weighted by molar-refractivity contribution is -0.144. The fourth-order valence-corrected chi connectivity index (χ4v) is 2.78. The molecule has 0 unspecified atom stereocenters. The van der Waals surface area contributed by atoms with Gasteiger partial charge in [0.1, 0.15) is 5.54 Å². The first-order valence-corrected chi connectivity index (χ1v) is 7.32. The van der Waals surface area contributed by atoms with Gasteiger partial charge in [-0.1, -0.05) is 0 Å². The highest BCUT2D eigenvalue weighted by Gasteiger charge is 2.38. The Hall–Kier alpha value is -0.880.